The largest absolute Gasteiger partial charge is 0.316 e. The maximum absolute atomic E-state index is 13.6. The molecule has 1 N–H and O–H groups in total. The summed E-state index contributed by atoms with van der Waals surface area (Å²) in [4.78, 5) is 0. The summed E-state index contributed by atoms with van der Waals surface area (Å²) in [7, 11) is 0. The first-order chi connectivity index (χ1) is 9.24. The minimum Gasteiger partial charge on any atom is -0.316 e. The third kappa shape index (κ3) is 2.95. The fraction of sp³-hybridized carbons (Fsp3) is 0.625. The lowest BCUT2D eigenvalue weighted by Gasteiger charge is -2.36. The quantitative estimate of drug-likeness (QED) is 0.849. The van der Waals surface area contributed by atoms with Crippen molar-refractivity contribution >= 4 is 11.6 Å². The smallest absolute Gasteiger partial charge is 0.124 e. The SMILES string of the molecule is Fc1cc(Cl)cc(C2CCNCC2C2CCCC2)c1. The molecule has 1 aliphatic heterocycles. The molecule has 19 heavy (non-hydrogen) atoms. The maximum atomic E-state index is 13.6. The van der Waals surface area contributed by atoms with Gasteiger partial charge in [0.2, 0.25) is 0 Å². The van der Waals surface area contributed by atoms with Gasteiger partial charge in [-0.25, -0.2) is 4.39 Å². The van der Waals surface area contributed by atoms with Gasteiger partial charge in [0.05, 0.1) is 0 Å². The van der Waals surface area contributed by atoms with Crippen LogP contribution < -0.4 is 5.32 Å². The highest BCUT2D eigenvalue weighted by Crippen LogP contribution is 2.42. The minimum atomic E-state index is -0.203. The monoisotopic (exact) mass is 281 g/mol. The van der Waals surface area contributed by atoms with Crippen LogP contribution in [-0.2, 0) is 0 Å². The summed E-state index contributed by atoms with van der Waals surface area (Å²) >= 11 is 6.02. The molecule has 104 valence electrons. The molecule has 1 heterocycles. The number of halogens is 2. The zero-order valence-corrected chi connectivity index (χ0v) is 11.9. The Morgan fingerprint density at radius 3 is 2.63 bits per heavy atom. The molecular weight excluding hydrogens is 261 g/mol. The van der Waals surface area contributed by atoms with E-state index in [1.807, 2.05) is 6.07 Å². The number of hydrogen-bond donors (Lipinski definition) is 1. The van der Waals surface area contributed by atoms with Crippen molar-refractivity contribution in [2.24, 2.45) is 11.8 Å². The van der Waals surface area contributed by atoms with Crippen LogP contribution in [0.2, 0.25) is 5.02 Å². The van der Waals surface area contributed by atoms with Crippen molar-refractivity contribution < 1.29 is 4.39 Å². The number of rotatable bonds is 2. The lowest BCUT2D eigenvalue weighted by Crippen LogP contribution is -2.38. The molecule has 1 aromatic rings. The molecule has 2 aliphatic rings. The van der Waals surface area contributed by atoms with Crippen molar-refractivity contribution in [2.75, 3.05) is 13.1 Å². The lowest BCUT2D eigenvalue weighted by molar-refractivity contribution is 0.231. The number of benzene rings is 1. The maximum Gasteiger partial charge on any atom is 0.124 e. The normalized spacial score (nSPS) is 28.7. The van der Waals surface area contributed by atoms with Crippen LogP contribution in [0.3, 0.4) is 0 Å². The van der Waals surface area contributed by atoms with E-state index in [4.69, 9.17) is 11.6 Å². The van der Waals surface area contributed by atoms with Crippen LogP contribution in [0.1, 0.15) is 43.6 Å². The van der Waals surface area contributed by atoms with E-state index >= 15 is 0 Å². The number of nitrogens with one attached hydrogen (secondary N) is 1. The van der Waals surface area contributed by atoms with E-state index < -0.39 is 0 Å². The highest BCUT2D eigenvalue weighted by molar-refractivity contribution is 6.30. The first-order valence-electron chi connectivity index (χ1n) is 7.41. The van der Waals surface area contributed by atoms with E-state index in [1.165, 1.54) is 31.7 Å². The first-order valence-corrected chi connectivity index (χ1v) is 7.78. The van der Waals surface area contributed by atoms with Gasteiger partial charge in [-0.1, -0.05) is 37.3 Å². The van der Waals surface area contributed by atoms with Gasteiger partial charge in [0, 0.05) is 5.02 Å². The summed E-state index contributed by atoms with van der Waals surface area (Å²) in [5.74, 6) is 1.72. The molecule has 1 aliphatic carbocycles. The van der Waals surface area contributed by atoms with Crippen LogP contribution in [0.15, 0.2) is 18.2 Å². The molecular formula is C16H21ClFN. The summed E-state index contributed by atoms with van der Waals surface area (Å²) in [5.41, 5.74) is 1.10. The van der Waals surface area contributed by atoms with Crippen molar-refractivity contribution in [1.29, 1.82) is 0 Å². The molecule has 0 bridgehead atoms. The van der Waals surface area contributed by atoms with E-state index in [0.717, 1.165) is 31.0 Å². The molecule has 3 heteroatoms. The standard InChI is InChI=1S/C16H21ClFN/c17-13-7-12(8-14(18)9-13)15-5-6-19-10-16(15)11-3-1-2-4-11/h7-9,11,15-16,19H,1-6,10H2. The van der Waals surface area contributed by atoms with Gasteiger partial charge in [0.15, 0.2) is 0 Å². The topological polar surface area (TPSA) is 12.0 Å². The van der Waals surface area contributed by atoms with Crippen LogP contribution >= 0.6 is 11.6 Å². The first kappa shape index (κ1) is 13.4. The fourth-order valence-electron chi connectivity index (χ4n) is 3.97. The van der Waals surface area contributed by atoms with Crippen LogP contribution in [0.4, 0.5) is 4.39 Å². The average molecular weight is 282 g/mol. The molecule has 0 aromatic heterocycles. The van der Waals surface area contributed by atoms with Crippen molar-refractivity contribution in [3.63, 3.8) is 0 Å². The van der Waals surface area contributed by atoms with Gasteiger partial charge in [0.25, 0.3) is 0 Å². The van der Waals surface area contributed by atoms with E-state index in [9.17, 15) is 4.39 Å². The predicted octanol–water partition coefficient (Wildman–Crippen LogP) is 4.36. The van der Waals surface area contributed by atoms with Gasteiger partial charge < -0.3 is 5.32 Å². The molecule has 1 saturated carbocycles. The molecule has 2 fully saturated rings. The Morgan fingerprint density at radius 2 is 1.89 bits per heavy atom. The molecule has 0 radical (unpaired) electrons. The average Bonchev–Trinajstić information content (AvgIpc) is 2.91. The highest BCUT2D eigenvalue weighted by atomic mass is 35.5. The summed E-state index contributed by atoms with van der Waals surface area (Å²) in [6.07, 6.45) is 6.49. The van der Waals surface area contributed by atoms with Gasteiger partial charge in [0.1, 0.15) is 5.82 Å². The third-order valence-electron chi connectivity index (χ3n) is 4.85. The fourth-order valence-corrected chi connectivity index (χ4v) is 4.20. The third-order valence-corrected chi connectivity index (χ3v) is 5.07. The minimum absolute atomic E-state index is 0.203. The summed E-state index contributed by atoms with van der Waals surface area (Å²) in [6.45, 7) is 2.10. The van der Waals surface area contributed by atoms with E-state index in [1.54, 1.807) is 6.07 Å². The zero-order valence-electron chi connectivity index (χ0n) is 11.2. The number of hydrogen-bond acceptors (Lipinski definition) is 1. The van der Waals surface area contributed by atoms with Crippen LogP contribution in [0, 0.1) is 17.7 Å². The van der Waals surface area contributed by atoms with Crippen LogP contribution in [-0.4, -0.2) is 13.1 Å². The second-order valence-corrected chi connectivity index (χ2v) is 6.45. The van der Waals surface area contributed by atoms with Crippen molar-refractivity contribution in [1.82, 2.24) is 5.32 Å². The Morgan fingerprint density at radius 1 is 1.11 bits per heavy atom. The van der Waals surface area contributed by atoms with Gasteiger partial charge in [-0.15, -0.1) is 0 Å². The van der Waals surface area contributed by atoms with Crippen molar-refractivity contribution in [3.05, 3.63) is 34.6 Å². The predicted molar refractivity (Wildman–Crippen MR) is 77.1 cm³/mol. The van der Waals surface area contributed by atoms with Crippen molar-refractivity contribution in [2.45, 2.75) is 38.0 Å². The van der Waals surface area contributed by atoms with Crippen LogP contribution in [0.5, 0.6) is 0 Å². The van der Waals surface area contributed by atoms with Gasteiger partial charge in [-0.05, 0) is 61.0 Å². The Bertz CT molecular complexity index is 422. The van der Waals surface area contributed by atoms with Crippen LogP contribution in [0.25, 0.3) is 0 Å². The summed E-state index contributed by atoms with van der Waals surface area (Å²) in [6, 6.07) is 5.04. The van der Waals surface area contributed by atoms with E-state index in [-0.39, 0.29) is 5.82 Å². The molecule has 3 rings (SSSR count). The second-order valence-electron chi connectivity index (χ2n) is 6.01. The summed E-state index contributed by atoms with van der Waals surface area (Å²) in [5, 5.41) is 4.04. The molecule has 2 unspecified atom stereocenters. The number of piperidine rings is 1. The molecule has 1 saturated heterocycles. The molecule has 1 aromatic carbocycles. The molecule has 0 amide bonds. The second kappa shape index (κ2) is 5.80. The molecule has 0 spiro atoms. The Labute approximate surface area is 119 Å². The Kier molecular flexibility index (Phi) is 4.09. The van der Waals surface area contributed by atoms with Gasteiger partial charge in [-0.3, -0.25) is 0 Å². The van der Waals surface area contributed by atoms with Gasteiger partial charge in [-0.2, -0.15) is 0 Å². The highest BCUT2D eigenvalue weighted by Gasteiger charge is 2.34. The van der Waals surface area contributed by atoms with E-state index in [2.05, 4.69) is 5.32 Å². The van der Waals surface area contributed by atoms with Gasteiger partial charge >= 0.3 is 0 Å². The Balaban J connectivity index is 1.86. The molecule has 1 nitrogen and oxygen atoms in total. The lowest BCUT2D eigenvalue weighted by atomic mass is 9.73. The zero-order chi connectivity index (χ0) is 13.2. The summed E-state index contributed by atoms with van der Waals surface area (Å²) < 4.78 is 13.6. The Hall–Kier alpha value is -0.600. The molecule has 2 atom stereocenters. The van der Waals surface area contributed by atoms with E-state index in [0.29, 0.717) is 16.9 Å². The van der Waals surface area contributed by atoms with Crippen molar-refractivity contribution in [3.8, 4) is 0 Å².